The molecule has 1 aliphatic heterocycles. The summed E-state index contributed by atoms with van der Waals surface area (Å²) < 4.78 is 61.0. The topological polar surface area (TPSA) is 48.3 Å². The van der Waals surface area contributed by atoms with Crippen LogP contribution in [0.4, 0.5) is 17.6 Å². The van der Waals surface area contributed by atoms with E-state index in [4.69, 9.17) is 32.8 Å². The van der Waals surface area contributed by atoms with E-state index >= 15 is 0 Å². The second kappa shape index (κ2) is 9.61. The molecular weight excluding hydrogens is 521 g/mol. The van der Waals surface area contributed by atoms with Gasteiger partial charge in [0.15, 0.2) is 5.82 Å². The molecule has 1 aromatic heterocycles. The van der Waals surface area contributed by atoms with Crippen LogP contribution in [0.3, 0.4) is 0 Å². The third-order valence-electron chi connectivity index (χ3n) is 6.36. The SMILES string of the molecule is CC1ONC(c2ccc(C(F)(F)F)cc2)=C1COc1cc(-n2nc3c(c2Cl)CCCC3)c(F)cc1Cl. The van der Waals surface area contributed by atoms with Gasteiger partial charge in [-0.2, -0.15) is 18.3 Å². The smallest absolute Gasteiger partial charge is 0.416 e. The Bertz CT molecular complexity index is 1340. The highest BCUT2D eigenvalue weighted by Gasteiger charge is 2.31. The van der Waals surface area contributed by atoms with Crippen molar-refractivity contribution in [2.24, 2.45) is 0 Å². The fourth-order valence-corrected chi connectivity index (χ4v) is 4.91. The number of rotatable bonds is 5. The molecule has 3 aromatic rings. The first-order chi connectivity index (χ1) is 17.1. The molecule has 5 nitrogen and oxygen atoms in total. The minimum atomic E-state index is -4.43. The highest BCUT2D eigenvalue weighted by Crippen LogP contribution is 2.36. The molecule has 11 heteroatoms. The zero-order chi connectivity index (χ0) is 25.6. The number of ether oxygens (including phenoxy) is 1. The van der Waals surface area contributed by atoms with Gasteiger partial charge in [-0.1, -0.05) is 35.3 Å². The standard InChI is InChI=1S/C25H21Cl2F4N3O2/c1-13-17(23(33-36-13)14-6-8-15(9-7-14)25(29,30)31)12-35-22-11-21(19(28)10-18(22)26)34-24(27)16-4-2-3-5-20(16)32-34/h6-11,13,33H,2-5,12H2,1H3. The van der Waals surface area contributed by atoms with Crippen molar-refractivity contribution < 1.29 is 27.1 Å². The summed E-state index contributed by atoms with van der Waals surface area (Å²) in [6.07, 6.45) is -1.28. The van der Waals surface area contributed by atoms with Crippen molar-refractivity contribution in [3.8, 4) is 11.4 Å². The number of aryl methyl sites for hydroxylation is 1. The predicted molar refractivity (Wildman–Crippen MR) is 128 cm³/mol. The molecule has 0 amide bonds. The van der Waals surface area contributed by atoms with Crippen molar-refractivity contribution in [2.75, 3.05) is 6.61 Å². The van der Waals surface area contributed by atoms with Gasteiger partial charge in [0.2, 0.25) is 0 Å². The molecule has 0 saturated heterocycles. The first kappa shape index (κ1) is 24.9. The highest BCUT2D eigenvalue weighted by atomic mass is 35.5. The fourth-order valence-electron chi connectivity index (χ4n) is 4.37. The lowest BCUT2D eigenvalue weighted by molar-refractivity contribution is -0.137. The molecule has 1 atom stereocenters. The Labute approximate surface area is 214 Å². The molecule has 1 unspecified atom stereocenters. The summed E-state index contributed by atoms with van der Waals surface area (Å²) in [5.74, 6) is -0.394. The van der Waals surface area contributed by atoms with E-state index in [9.17, 15) is 17.6 Å². The summed E-state index contributed by atoms with van der Waals surface area (Å²) in [6, 6.07) is 7.30. The normalized spacial score (nSPS) is 17.8. The zero-order valence-electron chi connectivity index (χ0n) is 19.1. The van der Waals surface area contributed by atoms with Gasteiger partial charge in [0.05, 0.1) is 22.0 Å². The van der Waals surface area contributed by atoms with Gasteiger partial charge < -0.3 is 4.74 Å². The number of hydrogen-bond acceptors (Lipinski definition) is 4. The van der Waals surface area contributed by atoms with Crippen LogP contribution in [0.1, 0.15) is 42.1 Å². The highest BCUT2D eigenvalue weighted by molar-refractivity contribution is 6.32. The number of nitrogens with one attached hydrogen (secondary N) is 1. The van der Waals surface area contributed by atoms with Gasteiger partial charge in [0, 0.05) is 22.8 Å². The lowest BCUT2D eigenvalue weighted by Gasteiger charge is -2.14. The summed E-state index contributed by atoms with van der Waals surface area (Å²) in [7, 11) is 0. The van der Waals surface area contributed by atoms with Gasteiger partial charge in [-0.15, -0.1) is 0 Å². The Kier molecular flexibility index (Phi) is 6.65. The third kappa shape index (κ3) is 4.67. The summed E-state index contributed by atoms with van der Waals surface area (Å²) in [5.41, 5.74) is 5.56. The van der Waals surface area contributed by atoms with Gasteiger partial charge in [0.1, 0.15) is 29.3 Å². The van der Waals surface area contributed by atoms with Crippen LogP contribution in [0.25, 0.3) is 11.4 Å². The van der Waals surface area contributed by atoms with Gasteiger partial charge in [0.25, 0.3) is 0 Å². The molecule has 5 rings (SSSR count). The van der Waals surface area contributed by atoms with Crippen LogP contribution >= 0.6 is 23.2 Å². The maximum absolute atomic E-state index is 14.9. The molecule has 0 bridgehead atoms. The first-order valence-corrected chi connectivity index (χ1v) is 12.1. The van der Waals surface area contributed by atoms with Crippen LogP contribution in [0.5, 0.6) is 5.75 Å². The van der Waals surface area contributed by atoms with Crippen LogP contribution in [0.15, 0.2) is 42.0 Å². The Morgan fingerprint density at radius 2 is 1.86 bits per heavy atom. The van der Waals surface area contributed by atoms with E-state index in [1.165, 1.54) is 22.9 Å². The average Bonchev–Trinajstić information content (AvgIpc) is 3.38. The molecule has 1 aliphatic carbocycles. The molecule has 0 saturated carbocycles. The summed E-state index contributed by atoms with van der Waals surface area (Å²) in [4.78, 5) is 5.47. The van der Waals surface area contributed by atoms with Crippen molar-refractivity contribution in [3.05, 3.63) is 80.3 Å². The van der Waals surface area contributed by atoms with E-state index in [-0.39, 0.29) is 23.1 Å². The number of benzene rings is 2. The van der Waals surface area contributed by atoms with Gasteiger partial charge in [-0.25, -0.2) is 9.07 Å². The van der Waals surface area contributed by atoms with Gasteiger partial charge in [-0.3, -0.25) is 10.3 Å². The molecule has 1 N–H and O–H groups in total. The van der Waals surface area contributed by atoms with Gasteiger partial charge in [-0.05, 0) is 50.8 Å². The largest absolute Gasteiger partial charge is 0.487 e. The summed E-state index contributed by atoms with van der Waals surface area (Å²) in [6.45, 7) is 1.77. The van der Waals surface area contributed by atoms with Crippen LogP contribution < -0.4 is 10.2 Å². The van der Waals surface area contributed by atoms with Crippen molar-refractivity contribution >= 4 is 28.9 Å². The minimum absolute atomic E-state index is 0.00134. The fraction of sp³-hybridized carbons (Fsp3) is 0.320. The number of halogens is 6. The second-order valence-electron chi connectivity index (χ2n) is 8.70. The number of fused-ring (bicyclic) bond motifs is 1. The molecule has 0 spiro atoms. The number of alkyl halides is 3. The second-order valence-corrected chi connectivity index (χ2v) is 9.46. The van der Waals surface area contributed by atoms with Crippen molar-refractivity contribution in [2.45, 2.75) is 44.9 Å². The molecule has 36 heavy (non-hydrogen) atoms. The Balaban J connectivity index is 1.43. The molecular formula is C25H21Cl2F4N3O2. The van der Waals surface area contributed by atoms with Crippen molar-refractivity contribution in [1.29, 1.82) is 0 Å². The Morgan fingerprint density at radius 3 is 2.56 bits per heavy atom. The van der Waals surface area contributed by atoms with Crippen LogP contribution in [-0.2, 0) is 23.9 Å². The van der Waals surface area contributed by atoms with Crippen molar-refractivity contribution in [3.63, 3.8) is 0 Å². The number of hydrogen-bond donors (Lipinski definition) is 1. The van der Waals surface area contributed by atoms with Crippen LogP contribution in [0.2, 0.25) is 10.2 Å². The summed E-state index contributed by atoms with van der Waals surface area (Å²) >= 11 is 12.8. The number of aromatic nitrogens is 2. The Hall–Kier alpha value is -2.75. The van der Waals surface area contributed by atoms with E-state index < -0.39 is 23.7 Å². The van der Waals surface area contributed by atoms with E-state index in [2.05, 4.69) is 10.6 Å². The third-order valence-corrected chi connectivity index (χ3v) is 7.04. The van der Waals surface area contributed by atoms with Crippen LogP contribution in [0, 0.1) is 5.82 Å². The molecule has 2 heterocycles. The van der Waals surface area contributed by atoms with E-state index in [0.29, 0.717) is 22.0 Å². The monoisotopic (exact) mass is 541 g/mol. The van der Waals surface area contributed by atoms with E-state index in [1.807, 2.05) is 0 Å². The van der Waals surface area contributed by atoms with Crippen molar-refractivity contribution in [1.82, 2.24) is 15.3 Å². The lowest BCUT2D eigenvalue weighted by atomic mass is 9.99. The lowest BCUT2D eigenvalue weighted by Crippen LogP contribution is -2.13. The maximum Gasteiger partial charge on any atom is 0.416 e. The summed E-state index contributed by atoms with van der Waals surface area (Å²) in [5, 5.41) is 4.93. The Morgan fingerprint density at radius 1 is 1.14 bits per heavy atom. The van der Waals surface area contributed by atoms with E-state index in [0.717, 1.165) is 55.1 Å². The number of nitrogens with zero attached hydrogens (tertiary/aromatic N) is 2. The molecule has 0 radical (unpaired) electrons. The molecule has 0 fully saturated rings. The minimum Gasteiger partial charge on any atom is -0.487 e. The molecule has 190 valence electrons. The number of hydroxylamine groups is 1. The predicted octanol–water partition coefficient (Wildman–Crippen LogP) is 6.93. The molecule has 2 aliphatic rings. The van der Waals surface area contributed by atoms with E-state index in [1.54, 1.807) is 6.92 Å². The molecule has 2 aromatic carbocycles. The quantitative estimate of drug-likeness (QED) is 0.356. The average molecular weight is 542 g/mol. The van der Waals surface area contributed by atoms with Crippen LogP contribution in [-0.4, -0.2) is 22.5 Å². The maximum atomic E-state index is 14.9. The van der Waals surface area contributed by atoms with Gasteiger partial charge >= 0.3 is 6.18 Å². The first-order valence-electron chi connectivity index (χ1n) is 11.3. The zero-order valence-corrected chi connectivity index (χ0v) is 20.6.